The molecule has 1 aromatic heterocycles. The number of benzene rings is 1. The smallest absolute Gasteiger partial charge is 0.260 e. The van der Waals surface area contributed by atoms with Crippen LogP contribution in [0.2, 0.25) is 0 Å². The summed E-state index contributed by atoms with van der Waals surface area (Å²) in [5, 5.41) is 3.92. The zero-order valence-corrected chi connectivity index (χ0v) is 11.2. The molecule has 1 unspecified atom stereocenters. The predicted octanol–water partition coefficient (Wildman–Crippen LogP) is 2.42. The summed E-state index contributed by atoms with van der Waals surface area (Å²) >= 11 is 0. The third-order valence-corrected chi connectivity index (χ3v) is 2.87. The topological polar surface area (TPSA) is 83.4 Å². The molecule has 0 spiro atoms. The second-order valence-electron chi connectivity index (χ2n) is 4.04. The lowest BCUT2D eigenvalue weighted by atomic mass is 10.1. The highest BCUT2D eigenvalue weighted by Gasteiger charge is 2.18. The van der Waals surface area contributed by atoms with E-state index in [-0.39, 0.29) is 6.10 Å². The first-order valence-corrected chi connectivity index (χ1v) is 5.99. The van der Waals surface area contributed by atoms with Crippen molar-refractivity contribution in [3.63, 3.8) is 0 Å². The molecule has 0 bridgehead atoms. The molecule has 19 heavy (non-hydrogen) atoms. The van der Waals surface area contributed by atoms with Gasteiger partial charge in [0.05, 0.1) is 12.7 Å². The van der Waals surface area contributed by atoms with Crippen LogP contribution in [0.5, 0.6) is 5.75 Å². The van der Waals surface area contributed by atoms with Gasteiger partial charge >= 0.3 is 0 Å². The van der Waals surface area contributed by atoms with E-state index in [9.17, 15) is 0 Å². The van der Waals surface area contributed by atoms with Crippen LogP contribution in [0.3, 0.4) is 0 Å². The molecule has 0 aliphatic carbocycles. The van der Waals surface area contributed by atoms with Gasteiger partial charge in [0.25, 0.3) is 5.89 Å². The van der Waals surface area contributed by atoms with Crippen molar-refractivity contribution in [2.24, 2.45) is 0 Å². The highest BCUT2D eigenvalue weighted by atomic mass is 16.5. The minimum atomic E-state index is -0.169. The molecule has 2 rings (SSSR count). The summed E-state index contributed by atoms with van der Waals surface area (Å²) in [6.45, 7) is 1.99. The normalized spacial score (nSPS) is 12.4. The average Bonchev–Trinajstić information content (AvgIpc) is 2.89. The number of ether oxygens (including phenoxy) is 2. The van der Waals surface area contributed by atoms with Crippen molar-refractivity contribution in [2.75, 3.05) is 20.0 Å². The molecule has 2 N–H and O–H groups in total. The second kappa shape index (κ2) is 5.71. The molecule has 0 aliphatic heterocycles. The maximum absolute atomic E-state index is 5.94. The molecule has 2 aromatic rings. The molecule has 0 amide bonds. The molecule has 1 heterocycles. The highest BCUT2D eigenvalue weighted by Crippen LogP contribution is 2.29. The summed E-state index contributed by atoms with van der Waals surface area (Å²) in [5.74, 6) is 1.59. The van der Waals surface area contributed by atoms with Crippen LogP contribution in [0.1, 0.15) is 25.3 Å². The Morgan fingerprint density at radius 3 is 2.74 bits per heavy atom. The Kier molecular flexibility index (Phi) is 4.01. The van der Waals surface area contributed by atoms with Crippen molar-refractivity contribution in [3.05, 3.63) is 24.0 Å². The van der Waals surface area contributed by atoms with Crippen LogP contribution >= 0.6 is 0 Å². The van der Waals surface area contributed by atoms with Crippen LogP contribution in [0.25, 0.3) is 11.5 Å². The molecule has 6 heteroatoms. The number of methoxy groups -OCH3 is 2. The van der Waals surface area contributed by atoms with E-state index in [2.05, 4.69) is 10.1 Å². The van der Waals surface area contributed by atoms with E-state index in [0.717, 1.165) is 6.42 Å². The fourth-order valence-electron chi connectivity index (χ4n) is 1.79. The summed E-state index contributed by atoms with van der Waals surface area (Å²) in [6, 6.07) is 5.30. The van der Waals surface area contributed by atoms with Gasteiger partial charge < -0.3 is 19.7 Å². The first-order valence-electron chi connectivity index (χ1n) is 5.99. The molecule has 0 fully saturated rings. The predicted molar refractivity (Wildman–Crippen MR) is 70.7 cm³/mol. The molecule has 0 saturated heterocycles. The summed E-state index contributed by atoms with van der Waals surface area (Å²) in [5.41, 5.74) is 7.15. The average molecular weight is 263 g/mol. The fourth-order valence-corrected chi connectivity index (χ4v) is 1.79. The number of hydrogen-bond donors (Lipinski definition) is 1. The van der Waals surface area contributed by atoms with E-state index >= 15 is 0 Å². The van der Waals surface area contributed by atoms with Crippen LogP contribution < -0.4 is 10.5 Å². The summed E-state index contributed by atoms with van der Waals surface area (Å²) in [6.07, 6.45) is 0.602. The monoisotopic (exact) mass is 263 g/mol. The van der Waals surface area contributed by atoms with Crippen molar-refractivity contribution in [2.45, 2.75) is 19.4 Å². The van der Waals surface area contributed by atoms with Gasteiger partial charge in [-0.15, -0.1) is 0 Å². The van der Waals surface area contributed by atoms with E-state index in [1.165, 1.54) is 0 Å². The van der Waals surface area contributed by atoms with Crippen LogP contribution in [-0.2, 0) is 4.74 Å². The van der Waals surface area contributed by atoms with Gasteiger partial charge in [-0.05, 0) is 18.6 Å². The van der Waals surface area contributed by atoms with Gasteiger partial charge in [-0.2, -0.15) is 4.98 Å². The third kappa shape index (κ3) is 2.68. The van der Waals surface area contributed by atoms with Gasteiger partial charge in [-0.3, -0.25) is 0 Å². The molecule has 1 atom stereocenters. The maximum Gasteiger partial charge on any atom is 0.260 e. The third-order valence-electron chi connectivity index (χ3n) is 2.87. The van der Waals surface area contributed by atoms with E-state index in [1.54, 1.807) is 32.4 Å². The molecule has 1 aromatic carbocycles. The zero-order chi connectivity index (χ0) is 13.8. The van der Waals surface area contributed by atoms with Crippen molar-refractivity contribution >= 4 is 5.69 Å². The Morgan fingerprint density at radius 1 is 1.37 bits per heavy atom. The quantitative estimate of drug-likeness (QED) is 0.834. The number of nitrogen functional groups attached to an aromatic ring is 1. The van der Waals surface area contributed by atoms with Crippen LogP contribution in [0, 0.1) is 0 Å². The molecule has 102 valence electrons. The van der Waals surface area contributed by atoms with Crippen molar-refractivity contribution in [1.29, 1.82) is 0 Å². The lowest BCUT2D eigenvalue weighted by molar-refractivity contribution is 0.0903. The standard InChI is InChI=1S/C13H17N3O3/c1-4-11(18-3)12-15-13(19-16-12)9-6-5-8(17-2)7-10(9)14/h5-7,11H,4,14H2,1-3H3. The number of anilines is 1. The lowest BCUT2D eigenvalue weighted by Gasteiger charge is -2.06. The fraction of sp³-hybridized carbons (Fsp3) is 0.385. The van der Waals surface area contributed by atoms with Gasteiger partial charge in [0.2, 0.25) is 5.82 Å². The number of hydrogen-bond acceptors (Lipinski definition) is 6. The van der Waals surface area contributed by atoms with Gasteiger partial charge in [0.1, 0.15) is 11.9 Å². The van der Waals surface area contributed by atoms with Crippen LogP contribution in [0.4, 0.5) is 5.69 Å². The van der Waals surface area contributed by atoms with Crippen molar-refractivity contribution in [1.82, 2.24) is 10.1 Å². The van der Waals surface area contributed by atoms with Crippen molar-refractivity contribution in [3.8, 4) is 17.2 Å². The summed E-state index contributed by atoms with van der Waals surface area (Å²) in [7, 11) is 3.20. The Morgan fingerprint density at radius 2 is 2.16 bits per heavy atom. The number of nitrogens with two attached hydrogens (primary N) is 1. The Hall–Kier alpha value is -2.08. The summed E-state index contributed by atoms with van der Waals surface area (Å²) < 4.78 is 15.6. The summed E-state index contributed by atoms with van der Waals surface area (Å²) in [4.78, 5) is 4.32. The van der Waals surface area contributed by atoms with Gasteiger partial charge in [-0.25, -0.2) is 0 Å². The van der Waals surface area contributed by atoms with Crippen molar-refractivity contribution < 1.29 is 14.0 Å². The molecular formula is C13H17N3O3. The van der Waals surface area contributed by atoms with E-state index in [4.69, 9.17) is 19.7 Å². The minimum absolute atomic E-state index is 0.169. The Balaban J connectivity index is 2.32. The molecule has 0 aliphatic rings. The lowest BCUT2D eigenvalue weighted by Crippen LogP contribution is -2.01. The highest BCUT2D eigenvalue weighted by molar-refractivity contribution is 5.71. The van der Waals surface area contributed by atoms with Gasteiger partial charge in [-0.1, -0.05) is 12.1 Å². The first kappa shape index (κ1) is 13.4. The molecule has 0 saturated carbocycles. The maximum atomic E-state index is 5.94. The van der Waals surface area contributed by atoms with E-state index in [1.807, 2.05) is 6.92 Å². The number of nitrogens with zero attached hydrogens (tertiary/aromatic N) is 2. The van der Waals surface area contributed by atoms with E-state index < -0.39 is 0 Å². The zero-order valence-electron chi connectivity index (χ0n) is 11.2. The Labute approximate surface area is 111 Å². The second-order valence-corrected chi connectivity index (χ2v) is 4.04. The Bertz CT molecular complexity index is 550. The first-order chi connectivity index (χ1) is 9.19. The van der Waals surface area contributed by atoms with Gasteiger partial charge in [0.15, 0.2) is 0 Å². The molecular weight excluding hydrogens is 246 g/mol. The molecule has 6 nitrogen and oxygen atoms in total. The molecule has 0 radical (unpaired) electrons. The van der Waals surface area contributed by atoms with Gasteiger partial charge in [0, 0.05) is 18.9 Å². The van der Waals surface area contributed by atoms with E-state index in [0.29, 0.717) is 28.7 Å². The SMILES string of the molecule is CCC(OC)c1noc(-c2ccc(OC)cc2N)n1. The van der Waals surface area contributed by atoms with Crippen LogP contribution in [0.15, 0.2) is 22.7 Å². The number of rotatable bonds is 5. The van der Waals surface area contributed by atoms with Crippen LogP contribution in [-0.4, -0.2) is 24.4 Å². The number of aromatic nitrogens is 2. The largest absolute Gasteiger partial charge is 0.497 e. The minimum Gasteiger partial charge on any atom is -0.497 e.